The predicted molar refractivity (Wildman–Crippen MR) is 106 cm³/mol. The minimum absolute atomic E-state index is 0.0907. The molecule has 0 aliphatic carbocycles. The molecule has 1 spiro atoms. The first kappa shape index (κ1) is 20.4. The summed E-state index contributed by atoms with van der Waals surface area (Å²) in [5.74, 6) is 1.09. The quantitative estimate of drug-likeness (QED) is 0.688. The van der Waals surface area contributed by atoms with Crippen LogP contribution in [0, 0.1) is 5.92 Å². The van der Waals surface area contributed by atoms with Crippen LogP contribution >= 0.6 is 0 Å². The van der Waals surface area contributed by atoms with Crippen molar-refractivity contribution in [2.24, 2.45) is 5.92 Å². The average molecular weight is 425 g/mol. The second-order valence-electron chi connectivity index (χ2n) is 8.15. The van der Waals surface area contributed by atoms with Crippen molar-refractivity contribution in [1.29, 1.82) is 0 Å². The van der Waals surface area contributed by atoms with Gasteiger partial charge in [-0.25, -0.2) is 8.42 Å². The Morgan fingerprint density at radius 2 is 1.93 bits per heavy atom. The highest BCUT2D eigenvalue weighted by molar-refractivity contribution is 7.89. The van der Waals surface area contributed by atoms with E-state index < -0.39 is 15.6 Å². The molecule has 3 saturated heterocycles. The molecule has 0 N–H and O–H groups in total. The Kier molecular flexibility index (Phi) is 5.48. The zero-order chi connectivity index (χ0) is 20.6. The van der Waals surface area contributed by atoms with Crippen LogP contribution in [-0.2, 0) is 19.6 Å². The van der Waals surface area contributed by atoms with Crippen LogP contribution in [0.5, 0.6) is 11.5 Å². The second-order valence-corrected chi connectivity index (χ2v) is 10.1. The van der Waals surface area contributed by atoms with Crippen molar-refractivity contribution in [2.75, 3.05) is 47.0 Å². The number of hydrogen-bond donors (Lipinski definition) is 0. The molecular weight excluding hydrogens is 396 g/mol. The van der Waals surface area contributed by atoms with Gasteiger partial charge >= 0.3 is 0 Å². The monoisotopic (exact) mass is 424 g/mol. The molecule has 3 aliphatic rings. The van der Waals surface area contributed by atoms with E-state index in [2.05, 4.69) is 0 Å². The van der Waals surface area contributed by atoms with E-state index in [1.807, 2.05) is 4.90 Å². The van der Waals surface area contributed by atoms with Crippen molar-refractivity contribution in [3.8, 4) is 11.5 Å². The highest BCUT2D eigenvalue weighted by Crippen LogP contribution is 2.43. The van der Waals surface area contributed by atoms with Crippen LogP contribution in [0.25, 0.3) is 0 Å². The Hall–Kier alpha value is -1.84. The Bertz CT molecular complexity index is 875. The maximum absolute atomic E-state index is 13.1. The normalized spacial score (nSPS) is 23.9. The van der Waals surface area contributed by atoms with Crippen molar-refractivity contribution in [3.05, 3.63) is 18.2 Å². The first-order valence-corrected chi connectivity index (χ1v) is 11.4. The molecule has 0 bridgehead atoms. The van der Waals surface area contributed by atoms with Gasteiger partial charge in [-0.2, -0.15) is 4.31 Å². The Labute approximate surface area is 171 Å². The summed E-state index contributed by atoms with van der Waals surface area (Å²) in [6.45, 7) is 2.81. The minimum Gasteiger partial charge on any atom is -0.497 e. The lowest BCUT2D eigenvalue weighted by atomic mass is 9.87. The maximum atomic E-state index is 13.1. The van der Waals surface area contributed by atoms with Gasteiger partial charge in [-0.15, -0.1) is 0 Å². The van der Waals surface area contributed by atoms with Crippen molar-refractivity contribution < 1.29 is 27.4 Å². The van der Waals surface area contributed by atoms with Gasteiger partial charge in [0.25, 0.3) is 0 Å². The molecule has 29 heavy (non-hydrogen) atoms. The Morgan fingerprint density at radius 1 is 1.21 bits per heavy atom. The van der Waals surface area contributed by atoms with Gasteiger partial charge in [0.15, 0.2) is 0 Å². The van der Waals surface area contributed by atoms with E-state index in [4.69, 9.17) is 14.2 Å². The van der Waals surface area contributed by atoms with E-state index in [-0.39, 0.29) is 22.5 Å². The van der Waals surface area contributed by atoms with Gasteiger partial charge in [-0.05, 0) is 37.3 Å². The smallest absolute Gasteiger partial charge is 0.247 e. The highest BCUT2D eigenvalue weighted by atomic mass is 32.2. The first-order chi connectivity index (χ1) is 13.9. The van der Waals surface area contributed by atoms with Gasteiger partial charge in [-0.1, -0.05) is 0 Å². The van der Waals surface area contributed by atoms with Crippen LogP contribution in [0.4, 0.5) is 0 Å². The summed E-state index contributed by atoms with van der Waals surface area (Å²) in [5.41, 5.74) is -0.477. The number of likely N-dealkylation sites (tertiary alicyclic amines) is 1. The van der Waals surface area contributed by atoms with E-state index in [0.29, 0.717) is 38.3 Å². The molecule has 3 heterocycles. The number of carbonyl (C=O) groups excluding carboxylic acids is 1. The molecule has 8 nitrogen and oxygen atoms in total. The minimum atomic E-state index is -3.72. The fourth-order valence-electron chi connectivity index (χ4n) is 4.52. The van der Waals surface area contributed by atoms with E-state index in [1.165, 1.54) is 24.6 Å². The molecule has 0 saturated carbocycles. The lowest BCUT2D eigenvalue weighted by Gasteiger charge is -2.46. The fourth-order valence-corrected chi connectivity index (χ4v) is 6.28. The number of ether oxygens (including phenoxy) is 3. The summed E-state index contributed by atoms with van der Waals surface area (Å²) in [4.78, 5) is 14.4. The third-order valence-corrected chi connectivity index (χ3v) is 7.94. The van der Waals surface area contributed by atoms with Crippen LogP contribution in [-0.4, -0.2) is 76.1 Å². The van der Waals surface area contributed by atoms with Gasteiger partial charge in [0.2, 0.25) is 15.9 Å². The van der Waals surface area contributed by atoms with E-state index in [9.17, 15) is 13.2 Å². The zero-order valence-corrected chi connectivity index (χ0v) is 17.7. The Morgan fingerprint density at radius 3 is 2.59 bits per heavy atom. The number of rotatable bonds is 6. The predicted octanol–water partition coefficient (Wildman–Crippen LogP) is 1.50. The van der Waals surface area contributed by atoms with Crippen LogP contribution in [0.15, 0.2) is 23.1 Å². The molecule has 0 aromatic heterocycles. The molecule has 9 heteroatoms. The fraction of sp³-hybridized carbons (Fsp3) is 0.650. The second kappa shape index (κ2) is 7.77. The highest BCUT2D eigenvalue weighted by Gasteiger charge is 2.54. The summed E-state index contributed by atoms with van der Waals surface area (Å²) in [6.07, 6.45) is 3.36. The van der Waals surface area contributed by atoms with Crippen LogP contribution in [0.3, 0.4) is 0 Å². The van der Waals surface area contributed by atoms with Crippen LogP contribution < -0.4 is 9.47 Å². The Balaban J connectivity index is 1.40. The number of benzene rings is 1. The molecule has 1 unspecified atom stereocenters. The average Bonchev–Trinajstić information content (AvgIpc) is 3.36. The van der Waals surface area contributed by atoms with E-state index in [0.717, 1.165) is 25.9 Å². The molecule has 3 fully saturated rings. The summed E-state index contributed by atoms with van der Waals surface area (Å²) >= 11 is 0. The SMILES string of the molecule is COc1ccc(OC)c(S(=O)(=O)N2CC3(CC(CC(=O)N4CCCC4)CO3)C2)c1. The lowest BCUT2D eigenvalue weighted by Crippen LogP contribution is -2.63. The van der Waals surface area contributed by atoms with Crippen LogP contribution in [0.1, 0.15) is 25.7 Å². The number of methoxy groups -OCH3 is 2. The summed E-state index contributed by atoms with van der Waals surface area (Å²) in [6, 6.07) is 4.73. The first-order valence-electron chi connectivity index (χ1n) is 10.0. The molecule has 1 aromatic rings. The summed E-state index contributed by atoms with van der Waals surface area (Å²) in [7, 11) is -0.784. The summed E-state index contributed by atoms with van der Waals surface area (Å²) < 4.78 is 44.0. The number of sulfonamides is 1. The van der Waals surface area contributed by atoms with Gasteiger partial charge in [0.05, 0.1) is 26.4 Å². The lowest BCUT2D eigenvalue weighted by molar-refractivity contribution is -0.131. The summed E-state index contributed by atoms with van der Waals surface area (Å²) in [5, 5.41) is 0. The number of carbonyl (C=O) groups is 1. The van der Waals surface area contributed by atoms with Gasteiger partial charge < -0.3 is 19.1 Å². The third-order valence-electron chi connectivity index (χ3n) is 6.13. The molecule has 4 rings (SSSR count). The topological polar surface area (TPSA) is 85.4 Å². The van der Waals surface area contributed by atoms with Gasteiger partial charge in [0.1, 0.15) is 16.4 Å². The molecule has 1 amide bonds. The van der Waals surface area contributed by atoms with E-state index >= 15 is 0 Å². The largest absolute Gasteiger partial charge is 0.497 e. The van der Waals surface area contributed by atoms with Gasteiger partial charge in [0, 0.05) is 38.7 Å². The van der Waals surface area contributed by atoms with Crippen LogP contribution in [0.2, 0.25) is 0 Å². The number of nitrogens with zero attached hydrogens (tertiary/aromatic N) is 2. The standard InChI is InChI=1S/C20H28N2O6S/c1-26-16-5-6-17(27-2)18(10-16)29(24,25)22-13-20(14-22)11-15(12-28-20)9-19(23)21-7-3-4-8-21/h5-6,10,15H,3-4,7-9,11-14H2,1-2H3. The number of amides is 1. The molecule has 1 atom stereocenters. The molecule has 3 aliphatic heterocycles. The van der Waals surface area contributed by atoms with Crippen molar-refractivity contribution >= 4 is 15.9 Å². The molecule has 160 valence electrons. The molecular formula is C20H28N2O6S. The zero-order valence-electron chi connectivity index (χ0n) is 16.9. The van der Waals surface area contributed by atoms with Crippen molar-refractivity contribution in [2.45, 2.75) is 36.2 Å². The third kappa shape index (κ3) is 3.83. The van der Waals surface area contributed by atoms with Crippen molar-refractivity contribution in [3.63, 3.8) is 0 Å². The van der Waals surface area contributed by atoms with Gasteiger partial charge in [-0.3, -0.25) is 4.79 Å². The van der Waals surface area contributed by atoms with E-state index in [1.54, 1.807) is 12.1 Å². The molecule has 1 aromatic carbocycles. The maximum Gasteiger partial charge on any atom is 0.247 e. The van der Waals surface area contributed by atoms with Crippen molar-refractivity contribution in [1.82, 2.24) is 9.21 Å². The number of hydrogen-bond acceptors (Lipinski definition) is 6. The molecule has 0 radical (unpaired) electrons.